The van der Waals surface area contributed by atoms with Crippen LogP contribution in [0.25, 0.3) is 0 Å². The SMILES string of the molecule is CCNCc1c(Cl)cccc1Oc1cccc(Cl)c1F. The summed E-state index contributed by atoms with van der Waals surface area (Å²) in [5.41, 5.74) is 0.787. The molecule has 0 spiro atoms. The molecule has 0 bridgehead atoms. The number of rotatable bonds is 5. The normalized spacial score (nSPS) is 10.6. The van der Waals surface area contributed by atoms with Crippen LogP contribution in [-0.2, 0) is 6.54 Å². The third-order valence-corrected chi connectivity index (χ3v) is 3.41. The van der Waals surface area contributed by atoms with Crippen molar-refractivity contribution >= 4 is 23.2 Å². The molecule has 1 N–H and O–H groups in total. The number of halogens is 3. The summed E-state index contributed by atoms with van der Waals surface area (Å²) in [5, 5.41) is 3.77. The average molecular weight is 314 g/mol. The van der Waals surface area contributed by atoms with Crippen molar-refractivity contribution in [2.24, 2.45) is 0 Å². The number of hydrogen-bond donors (Lipinski definition) is 1. The Kier molecular flexibility index (Phi) is 5.24. The van der Waals surface area contributed by atoms with Crippen molar-refractivity contribution < 1.29 is 9.13 Å². The number of nitrogens with one attached hydrogen (secondary N) is 1. The van der Waals surface area contributed by atoms with Gasteiger partial charge in [-0.15, -0.1) is 0 Å². The molecule has 0 fully saturated rings. The first-order chi connectivity index (χ1) is 9.63. The van der Waals surface area contributed by atoms with Gasteiger partial charge in [-0.1, -0.05) is 42.3 Å². The lowest BCUT2D eigenvalue weighted by molar-refractivity contribution is 0.436. The fourth-order valence-electron chi connectivity index (χ4n) is 1.74. The molecule has 0 atom stereocenters. The van der Waals surface area contributed by atoms with Crippen LogP contribution in [0.3, 0.4) is 0 Å². The summed E-state index contributed by atoms with van der Waals surface area (Å²) in [6, 6.07) is 9.92. The minimum atomic E-state index is -0.580. The molecule has 0 aliphatic rings. The van der Waals surface area contributed by atoms with Crippen LogP contribution in [-0.4, -0.2) is 6.54 Å². The molecule has 2 aromatic carbocycles. The molecule has 0 heterocycles. The third-order valence-electron chi connectivity index (χ3n) is 2.76. The quantitative estimate of drug-likeness (QED) is 0.835. The van der Waals surface area contributed by atoms with Crippen molar-refractivity contribution in [3.8, 4) is 11.5 Å². The van der Waals surface area contributed by atoms with E-state index in [9.17, 15) is 4.39 Å². The lowest BCUT2D eigenvalue weighted by atomic mass is 10.2. The Morgan fingerprint density at radius 1 is 1.05 bits per heavy atom. The number of hydrogen-bond acceptors (Lipinski definition) is 2. The highest BCUT2D eigenvalue weighted by Crippen LogP contribution is 2.33. The van der Waals surface area contributed by atoms with Crippen LogP contribution in [0, 0.1) is 5.82 Å². The largest absolute Gasteiger partial charge is 0.454 e. The van der Waals surface area contributed by atoms with E-state index >= 15 is 0 Å². The summed E-state index contributed by atoms with van der Waals surface area (Å²) >= 11 is 11.9. The maximum Gasteiger partial charge on any atom is 0.184 e. The van der Waals surface area contributed by atoms with Crippen LogP contribution in [0.1, 0.15) is 12.5 Å². The van der Waals surface area contributed by atoms with Gasteiger partial charge in [0.05, 0.1) is 5.02 Å². The van der Waals surface area contributed by atoms with Gasteiger partial charge in [-0.2, -0.15) is 0 Å². The highest BCUT2D eigenvalue weighted by Gasteiger charge is 2.12. The van der Waals surface area contributed by atoms with E-state index in [-0.39, 0.29) is 10.8 Å². The lowest BCUT2D eigenvalue weighted by Gasteiger charge is -2.13. The van der Waals surface area contributed by atoms with Gasteiger partial charge < -0.3 is 10.1 Å². The van der Waals surface area contributed by atoms with Crippen molar-refractivity contribution in [2.75, 3.05) is 6.54 Å². The summed E-state index contributed by atoms with van der Waals surface area (Å²) in [5.74, 6) is 0.0145. The maximum absolute atomic E-state index is 13.9. The second-order valence-electron chi connectivity index (χ2n) is 4.15. The topological polar surface area (TPSA) is 21.3 Å². The zero-order valence-corrected chi connectivity index (χ0v) is 12.4. The molecule has 0 aliphatic carbocycles. The first-order valence-corrected chi connectivity index (χ1v) is 6.99. The van der Waals surface area contributed by atoms with Crippen LogP contribution in [0.5, 0.6) is 11.5 Å². The Morgan fingerprint density at radius 2 is 1.70 bits per heavy atom. The minimum absolute atomic E-state index is 0.0257. The van der Waals surface area contributed by atoms with E-state index in [4.69, 9.17) is 27.9 Å². The van der Waals surface area contributed by atoms with Crippen LogP contribution in [0.4, 0.5) is 4.39 Å². The summed E-state index contributed by atoms with van der Waals surface area (Å²) in [7, 11) is 0. The molecule has 0 amide bonds. The molecule has 2 nitrogen and oxygen atoms in total. The van der Waals surface area contributed by atoms with Gasteiger partial charge in [0, 0.05) is 17.1 Å². The Hall–Kier alpha value is -1.29. The molecule has 0 saturated heterocycles. The monoisotopic (exact) mass is 313 g/mol. The molecule has 0 unspecified atom stereocenters. The molecule has 106 valence electrons. The Bertz CT molecular complexity index is 604. The summed E-state index contributed by atoms with van der Waals surface area (Å²) in [6.07, 6.45) is 0. The third kappa shape index (κ3) is 3.42. The molecule has 0 saturated carbocycles. The predicted molar refractivity (Wildman–Crippen MR) is 80.3 cm³/mol. The molecular weight excluding hydrogens is 300 g/mol. The van der Waals surface area contributed by atoms with E-state index in [0.717, 1.165) is 12.1 Å². The van der Waals surface area contributed by atoms with Gasteiger partial charge in [0.1, 0.15) is 5.75 Å². The maximum atomic E-state index is 13.9. The Morgan fingerprint density at radius 3 is 2.40 bits per heavy atom. The fraction of sp³-hybridized carbons (Fsp3) is 0.200. The van der Waals surface area contributed by atoms with E-state index in [2.05, 4.69) is 5.32 Å². The summed E-state index contributed by atoms with van der Waals surface area (Å²) in [4.78, 5) is 0. The van der Waals surface area contributed by atoms with E-state index < -0.39 is 5.82 Å². The smallest absolute Gasteiger partial charge is 0.184 e. The van der Waals surface area contributed by atoms with Crippen LogP contribution < -0.4 is 10.1 Å². The van der Waals surface area contributed by atoms with Crippen molar-refractivity contribution in [1.29, 1.82) is 0 Å². The summed E-state index contributed by atoms with van der Waals surface area (Å²) < 4.78 is 19.5. The van der Waals surface area contributed by atoms with Gasteiger partial charge in [-0.25, -0.2) is 4.39 Å². The van der Waals surface area contributed by atoms with Crippen molar-refractivity contribution in [3.05, 3.63) is 57.8 Å². The zero-order valence-electron chi connectivity index (χ0n) is 10.9. The van der Waals surface area contributed by atoms with E-state index in [1.807, 2.05) is 6.92 Å². The summed E-state index contributed by atoms with van der Waals surface area (Å²) in [6.45, 7) is 3.35. The van der Waals surface area contributed by atoms with Gasteiger partial charge in [-0.3, -0.25) is 0 Å². The first kappa shape index (κ1) is 15.1. The van der Waals surface area contributed by atoms with Gasteiger partial charge in [0.25, 0.3) is 0 Å². The lowest BCUT2D eigenvalue weighted by Crippen LogP contribution is -2.12. The van der Waals surface area contributed by atoms with E-state index in [1.165, 1.54) is 12.1 Å². The fourth-order valence-corrected chi connectivity index (χ4v) is 2.14. The molecule has 0 aliphatic heterocycles. The average Bonchev–Trinajstić information content (AvgIpc) is 2.43. The molecule has 5 heteroatoms. The molecule has 0 aromatic heterocycles. The van der Waals surface area contributed by atoms with Crippen molar-refractivity contribution in [1.82, 2.24) is 5.32 Å². The second-order valence-corrected chi connectivity index (χ2v) is 4.97. The highest BCUT2D eigenvalue weighted by atomic mass is 35.5. The standard InChI is InChI=1S/C15H14Cl2FNO/c1-2-19-9-10-11(16)5-3-7-13(10)20-14-8-4-6-12(17)15(14)18/h3-8,19H,2,9H2,1H3. The first-order valence-electron chi connectivity index (χ1n) is 6.23. The van der Waals surface area contributed by atoms with E-state index in [0.29, 0.717) is 17.3 Å². The second kappa shape index (κ2) is 6.93. The van der Waals surface area contributed by atoms with Crippen LogP contribution in [0.15, 0.2) is 36.4 Å². The van der Waals surface area contributed by atoms with Crippen molar-refractivity contribution in [3.63, 3.8) is 0 Å². The highest BCUT2D eigenvalue weighted by molar-refractivity contribution is 6.31. The Balaban J connectivity index is 2.33. The number of ether oxygens (including phenoxy) is 1. The van der Waals surface area contributed by atoms with Gasteiger partial charge in [0.15, 0.2) is 11.6 Å². The van der Waals surface area contributed by atoms with Crippen LogP contribution in [0.2, 0.25) is 10.0 Å². The molecule has 2 rings (SSSR count). The Labute approximate surface area is 127 Å². The van der Waals surface area contributed by atoms with Crippen LogP contribution >= 0.6 is 23.2 Å². The molecular formula is C15H14Cl2FNO. The zero-order chi connectivity index (χ0) is 14.5. The molecule has 2 aromatic rings. The predicted octanol–water partition coefficient (Wildman–Crippen LogP) is 5.03. The van der Waals surface area contributed by atoms with Gasteiger partial charge >= 0.3 is 0 Å². The molecule has 0 radical (unpaired) electrons. The van der Waals surface area contributed by atoms with Crippen molar-refractivity contribution in [2.45, 2.75) is 13.5 Å². The minimum Gasteiger partial charge on any atom is -0.454 e. The molecule has 20 heavy (non-hydrogen) atoms. The van der Waals surface area contributed by atoms with E-state index in [1.54, 1.807) is 24.3 Å². The van der Waals surface area contributed by atoms with Gasteiger partial charge in [0.2, 0.25) is 0 Å². The number of benzene rings is 2. The van der Waals surface area contributed by atoms with Gasteiger partial charge in [-0.05, 0) is 30.8 Å².